The van der Waals surface area contributed by atoms with Gasteiger partial charge in [0.15, 0.2) is 0 Å². The van der Waals surface area contributed by atoms with Crippen LogP contribution in [0.5, 0.6) is 0 Å². The van der Waals surface area contributed by atoms with Gasteiger partial charge in [0.25, 0.3) is 0 Å². The van der Waals surface area contributed by atoms with Crippen LogP contribution in [0.2, 0.25) is 0 Å². The first-order valence-electron chi connectivity index (χ1n) is 5.92. The van der Waals surface area contributed by atoms with Gasteiger partial charge < -0.3 is 5.32 Å². The van der Waals surface area contributed by atoms with Gasteiger partial charge in [0, 0.05) is 18.0 Å². The van der Waals surface area contributed by atoms with Crippen molar-refractivity contribution in [2.75, 3.05) is 0 Å². The van der Waals surface area contributed by atoms with Crippen LogP contribution in [-0.4, -0.2) is 11.0 Å². The molecule has 1 heterocycles. The van der Waals surface area contributed by atoms with Gasteiger partial charge in [0.2, 0.25) is 0 Å². The summed E-state index contributed by atoms with van der Waals surface area (Å²) in [5, 5.41) is 6.94. The fourth-order valence-corrected chi connectivity index (χ4v) is 2.50. The van der Waals surface area contributed by atoms with Crippen molar-refractivity contribution in [2.24, 2.45) is 5.92 Å². The lowest BCUT2D eigenvalue weighted by atomic mass is 10.1. The first kappa shape index (κ1) is 11.1. The molecule has 0 bridgehead atoms. The lowest BCUT2D eigenvalue weighted by Crippen LogP contribution is -2.28. The van der Waals surface area contributed by atoms with E-state index < -0.39 is 0 Å². The largest absolute Gasteiger partial charge is 0.308 e. The van der Waals surface area contributed by atoms with E-state index in [1.54, 1.807) is 11.3 Å². The minimum atomic E-state index is 0.694. The molecular formula is C12H20N2S. The number of hydrogen-bond acceptors (Lipinski definition) is 3. The molecule has 1 aromatic heterocycles. The monoisotopic (exact) mass is 224 g/mol. The van der Waals surface area contributed by atoms with Crippen LogP contribution in [0.3, 0.4) is 0 Å². The van der Waals surface area contributed by atoms with E-state index >= 15 is 0 Å². The van der Waals surface area contributed by atoms with Crippen LogP contribution in [-0.2, 0) is 6.54 Å². The molecule has 1 aromatic rings. The molecule has 1 atom stereocenters. The number of hydrogen-bond donors (Lipinski definition) is 1. The Morgan fingerprint density at radius 3 is 2.93 bits per heavy atom. The highest BCUT2D eigenvalue weighted by molar-refractivity contribution is 7.09. The topological polar surface area (TPSA) is 24.9 Å². The van der Waals surface area contributed by atoms with E-state index in [0.29, 0.717) is 6.04 Å². The molecule has 3 heteroatoms. The third-order valence-electron chi connectivity index (χ3n) is 3.05. The van der Waals surface area contributed by atoms with Gasteiger partial charge in [-0.25, -0.2) is 4.98 Å². The molecule has 1 fully saturated rings. The average molecular weight is 224 g/mol. The first-order valence-corrected chi connectivity index (χ1v) is 6.80. The van der Waals surface area contributed by atoms with E-state index in [1.165, 1.54) is 36.4 Å². The zero-order valence-electron chi connectivity index (χ0n) is 9.62. The molecule has 1 aliphatic rings. The summed E-state index contributed by atoms with van der Waals surface area (Å²) in [7, 11) is 0. The molecule has 15 heavy (non-hydrogen) atoms. The second-order valence-electron chi connectivity index (χ2n) is 4.52. The van der Waals surface area contributed by atoms with E-state index in [2.05, 4.69) is 29.5 Å². The summed E-state index contributed by atoms with van der Waals surface area (Å²) in [6.07, 6.45) is 5.50. The van der Waals surface area contributed by atoms with Crippen molar-refractivity contribution < 1.29 is 0 Å². The second-order valence-corrected chi connectivity index (χ2v) is 5.59. The zero-order chi connectivity index (χ0) is 10.7. The van der Waals surface area contributed by atoms with Crippen LogP contribution in [0.25, 0.3) is 0 Å². The number of rotatable bonds is 6. The smallest absolute Gasteiger partial charge is 0.0897 e. The SMILES string of the molecule is CCC(CC1CC1)NCc1csc(C)n1. The molecule has 2 nitrogen and oxygen atoms in total. The number of thiazole rings is 1. The Hall–Kier alpha value is -0.410. The minimum absolute atomic E-state index is 0.694. The van der Waals surface area contributed by atoms with Crippen molar-refractivity contribution in [1.82, 2.24) is 10.3 Å². The summed E-state index contributed by atoms with van der Waals surface area (Å²) in [5.74, 6) is 1.01. The second kappa shape index (κ2) is 5.08. The van der Waals surface area contributed by atoms with E-state index in [9.17, 15) is 0 Å². The lowest BCUT2D eigenvalue weighted by molar-refractivity contribution is 0.442. The summed E-state index contributed by atoms with van der Waals surface area (Å²) in [4.78, 5) is 4.47. The molecule has 0 saturated heterocycles. The Morgan fingerprint density at radius 1 is 1.60 bits per heavy atom. The van der Waals surface area contributed by atoms with Gasteiger partial charge in [-0.15, -0.1) is 11.3 Å². The summed E-state index contributed by atoms with van der Waals surface area (Å²) >= 11 is 1.74. The maximum absolute atomic E-state index is 4.47. The van der Waals surface area contributed by atoms with E-state index in [1.807, 2.05) is 0 Å². The highest BCUT2D eigenvalue weighted by atomic mass is 32.1. The van der Waals surface area contributed by atoms with Gasteiger partial charge in [-0.3, -0.25) is 0 Å². The van der Waals surface area contributed by atoms with Crippen molar-refractivity contribution >= 4 is 11.3 Å². The van der Waals surface area contributed by atoms with Gasteiger partial charge in [-0.1, -0.05) is 19.8 Å². The molecule has 1 saturated carbocycles. The van der Waals surface area contributed by atoms with E-state index in [4.69, 9.17) is 0 Å². The fraction of sp³-hybridized carbons (Fsp3) is 0.750. The summed E-state index contributed by atoms with van der Waals surface area (Å²) in [6, 6.07) is 0.694. The molecule has 1 N–H and O–H groups in total. The molecule has 0 spiro atoms. The van der Waals surface area contributed by atoms with E-state index in [-0.39, 0.29) is 0 Å². The summed E-state index contributed by atoms with van der Waals surface area (Å²) in [5.41, 5.74) is 1.20. The normalized spacial score (nSPS) is 18.0. The molecule has 0 aromatic carbocycles. The number of aryl methyl sites for hydroxylation is 1. The van der Waals surface area contributed by atoms with Gasteiger partial charge in [-0.2, -0.15) is 0 Å². The Bertz CT molecular complexity index is 304. The molecule has 0 amide bonds. The Balaban J connectivity index is 1.74. The third-order valence-corrected chi connectivity index (χ3v) is 3.87. The highest BCUT2D eigenvalue weighted by Crippen LogP contribution is 2.34. The van der Waals surface area contributed by atoms with Crippen molar-refractivity contribution in [2.45, 2.75) is 52.1 Å². The van der Waals surface area contributed by atoms with Gasteiger partial charge in [-0.05, 0) is 25.7 Å². The average Bonchev–Trinajstić information content (AvgIpc) is 2.95. The quantitative estimate of drug-likeness (QED) is 0.803. The van der Waals surface area contributed by atoms with Crippen molar-refractivity contribution in [3.8, 4) is 0 Å². The van der Waals surface area contributed by atoms with E-state index in [0.717, 1.165) is 12.5 Å². The highest BCUT2D eigenvalue weighted by Gasteiger charge is 2.24. The van der Waals surface area contributed by atoms with Gasteiger partial charge >= 0.3 is 0 Å². The van der Waals surface area contributed by atoms with Crippen molar-refractivity contribution in [1.29, 1.82) is 0 Å². The van der Waals surface area contributed by atoms with Crippen molar-refractivity contribution in [3.63, 3.8) is 0 Å². The minimum Gasteiger partial charge on any atom is -0.308 e. The van der Waals surface area contributed by atoms with Gasteiger partial charge in [0.05, 0.1) is 10.7 Å². The molecule has 2 rings (SSSR count). The standard InChI is InChI=1S/C12H20N2S/c1-3-11(6-10-4-5-10)13-7-12-8-15-9(2)14-12/h8,10-11,13H,3-7H2,1-2H3. The van der Waals surface area contributed by atoms with Crippen molar-refractivity contribution in [3.05, 3.63) is 16.1 Å². The molecule has 1 unspecified atom stereocenters. The lowest BCUT2D eigenvalue weighted by Gasteiger charge is -2.15. The molecule has 0 radical (unpaired) electrons. The molecule has 0 aliphatic heterocycles. The predicted octanol–water partition coefficient (Wildman–Crippen LogP) is 3.12. The summed E-state index contributed by atoms with van der Waals surface area (Å²) in [6.45, 7) is 5.28. The van der Waals surface area contributed by atoms with Crippen LogP contribution in [0.4, 0.5) is 0 Å². The first-order chi connectivity index (χ1) is 7.28. The number of aromatic nitrogens is 1. The van der Waals surface area contributed by atoms with Crippen LogP contribution >= 0.6 is 11.3 Å². The molecular weight excluding hydrogens is 204 g/mol. The van der Waals surface area contributed by atoms with Crippen LogP contribution in [0.1, 0.15) is 43.3 Å². The number of nitrogens with one attached hydrogen (secondary N) is 1. The summed E-state index contributed by atoms with van der Waals surface area (Å²) < 4.78 is 0. The predicted molar refractivity (Wildman–Crippen MR) is 65.1 cm³/mol. The molecule has 84 valence electrons. The van der Waals surface area contributed by atoms with Gasteiger partial charge in [0.1, 0.15) is 0 Å². The Morgan fingerprint density at radius 2 is 2.40 bits per heavy atom. The number of nitrogens with zero attached hydrogens (tertiary/aromatic N) is 1. The fourth-order valence-electron chi connectivity index (χ4n) is 1.89. The van der Waals surface area contributed by atoms with Crippen LogP contribution in [0.15, 0.2) is 5.38 Å². The third kappa shape index (κ3) is 3.58. The maximum atomic E-state index is 4.47. The zero-order valence-corrected chi connectivity index (χ0v) is 10.4. The van der Waals surface area contributed by atoms with Crippen LogP contribution < -0.4 is 5.32 Å². The maximum Gasteiger partial charge on any atom is 0.0897 e. The van der Waals surface area contributed by atoms with Crippen LogP contribution in [0, 0.1) is 12.8 Å². The Labute approximate surface area is 96.1 Å². The Kier molecular flexibility index (Phi) is 3.76. The molecule has 1 aliphatic carbocycles.